The van der Waals surface area contributed by atoms with Gasteiger partial charge in [0.15, 0.2) is 0 Å². The third kappa shape index (κ3) is 7.82. The highest BCUT2D eigenvalue weighted by Crippen LogP contribution is 2.34. The molecule has 1 atom stereocenters. The first-order valence-electron chi connectivity index (χ1n) is 14.3. The maximum atomic E-state index is 14.3. The minimum atomic E-state index is -4.23. The van der Waals surface area contributed by atoms with E-state index in [-0.39, 0.29) is 34.8 Å². The molecule has 230 valence electrons. The molecule has 0 heterocycles. The SMILES string of the molecule is CCC(C(=O)NC1CCCC1)N(Cc1ccc(Cl)cc1Cl)C(=O)CN(c1cc(C)ccc1OC)S(=O)(=O)c1ccccc1. The average Bonchev–Trinajstić information content (AvgIpc) is 3.50. The van der Waals surface area contributed by atoms with Crippen LogP contribution in [0.3, 0.4) is 0 Å². The zero-order chi connectivity index (χ0) is 31.1. The van der Waals surface area contributed by atoms with E-state index in [4.69, 9.17) is 27.9 Å². The Kier molecular flexibility index (Phi) is 11.0. The number of ether oxygens (including phenoxy) is 1. The molecular formula is C32H37Cl2N3O5S. The summed E-state index contributed by atoms with van der Waals surface area (Å²) in [6.45, 7) is 3.06. The van der Waals surface area contributed by atoms with Crippen LogP contribution in [0.4, 0.5) is 5.69 Å². The fourth-order valence-corrected chi connectivity index (χ4v) is 7.25. The van der Waals surface area contributed by atoms with E-state index in [0.717, 1.165) is 35.6 Å². The highest BCUT2D eigenvalue weighted by molar-refractivity contribution is 7.92. The summed E-state index contributed by atoms with van der Waals surface area (Å²) in [5.74, 6) is -0.558. The minimum absolute atomic E-state index is 0.0182. The lowest BCUT2D eigenvalue weighted by molar-refractivity contribution is -0.140. The molecule has 1 aliphatic rings. The van der Waals surface area contributed by atoms with Crippen molar-refractivity contribution in [3.05, 3.63) is 87.9 Å². The van der Waals surface area contributed by atoms with E-state index in [1.807, 2.05) is 13.8 Å². The van der Waals surface area contributed by atoms with E-state index in [0.29, 0.717) is 22.0 Å². The van der Waals surface area contributed by atoms with Crippen LogP contribution < -0.4 is 14.4 Å². The molecule has 1 unspecified atom stereocenters. The van der Waals surface area contributed by atoms with Gasteiger partial charge in [-0.25, -0.2) is 8.42 Å². The normalized spacial score (nSPS) is 14.3. The van der Waals surface area contributed by atoms with Crippen LogP contribution in [0.25, 0.3) is 0 Å². The average molecular weight is 647 g/mol. The van der Waals surface area contributed by atoms with Crippen LogP contribution in [0, 0.1) is 6.92 Å². The van der Waals surface area contributed by atoms with Crippen molar-refractivity contribution in [3.8, 4) is 5.75 Å². The van der Waals surface area contributed by atoms with Crippen LogP contribution in [0.1, 0.15) is 50.2 Å². The molecule has 3 aromatic carbocycles. The van der Waals surface area contributed by atoms with Crippen LogP contribution in [-0.2, 0) is 26.2 Å². The Morgan fingerprint density at radius 1 is 1.02 bits per heavy atom. The summed E-state index contributed by atoms with van der Waals surface area (Å²) in [4.78, 5) is 29.4. The number of carbonyl (C=O) groups excluding carboxylic acids is 2. The van der Waals surface area contributed by atoms with Crippen molar-refractivity contribution < 1.29 is 22.7 Å². The van der Waals surface area contributed by atoms with Crippen molar-refractivity contribution in [2.24, 2.45) is 0 Å². The van der Waals surface area contributed by atoms with Gasteiger partial charge in [-0.3, -0.25) is 13.9 Å². The Labute approximate surface area is 264 Å². The number of amides is 2. The van der Waals surface area contributed by atoms with Crippen molar-refractivity contribution in [1.29, 1.82) is 0 Å². The van der Waals surface area contributed by atoms with Gasteiger partial charge in [-0.15, -0.1) is 0 Å². The molecule has 8 nitrogen and oxygen atoms in total. The predicted octanol–water partition coefficient (Wildman–Crippen LogP) is 6.37. The standard InChI is InChI=1S/C32H37Cl2N3O5S/c1-4-28(32(39)35-25-10-8-9-11-25)36(20-23-15-16-24(33)19-27(23)34)31(38)21-37(29-18-22(2)14-17-30(29)42-3)43(40,41)26-12-6-5-7-13-26/h5-7,12-19,25,28H,4,8-11,20-21H2,1-3H3,(H,35,39). The van der Waals surface area contributed by atoms with Gasteiger partial charge < -0.3 is 15.0 Å². The molecular weight excluding hydrogens is 609 g/mol. The molecule has 1 N–H and O–H groups in total. The second-order valence-corrected chi connectivity index (χ2v) is 13.4. The number of hydrogen-bond donors (Lipinski definition) is 1. The topological polar surface area (TPSA) is 96.0 Å². The van der Waals surface area contributed by atoms with Crippen molar-refractivity contribution in [3.63, 3.8) is 0 Å². The Balaban J connectivity index is 1.78. The lowest BCUT2D eigenvalue weighted by atomic mass is 10.1. The van der Waals surface area contributed by atoms with Crippen LogP contribution in [0.5, 0.6) is 5.75 Å². The smallest absolute Gasteiger partial charge is 0.264 e. The number of hydrogen-bond acceptors (Lipinski definition) is 5. The molecule has 3 aromatic rings. The largest absolute Gasteiger partial charge is 0.495 e. The highest BCUT2D eigenvalue weighted by atomic mass is 35.5. The lowest BCUT2D eigenvalue weighted by Crippen LogP contribution is -2.53. The number of methoxy groups -OCH3 is 1. The number of halogens is 2. The van der Waals surface area contributed by atoms with E-state index in [1.54, 1.807) is 54.6 Å². The summed E-state index contributed by atoms with van der Waals surface area (Å²) in [7, 11) is -2.79. The van der Waals surface area contributed by atoms with Gasteiger partial charge in [0.1, 0.15) is 18.3 Å². The molecule has 43 heavy (non-hydrogen) atoms. The van der Waals surface area contributed by atoms with Gasteiger partial charge in [0.05, 0.1) is 17.7 Å². The number of nitrogens with zero attached hydrogens (tertiary/aromatic N) is 2. The Morgan fingerprint density at radius 3 is 2.35 bits per heavy atom. The Bertz CT molecular complexity index is 1550. The van der Waals surface area contributed by atoms with E-state index in [1.165, 1.54) is 24.1 Å². The number of sulfonamides is 1. The van der Waals surface area contributed by atoms with Gasteiger partial charge in [0.2, 0.25) is 11.8 Å². The minimum Gasteiger partial charge on any atom is -0.495 e. The van der Waals surface area contributed by atoms with Crippen LogP contribution in [0.2, 0.25) is 10.0 Å². The van der Waals surface area contributed by atoms with Crippen molar-refractivity contribution in [2.75, 3.05) is 18.0 Å². The fourth-order valence-electron chi connectivity index (χ4n) is 5.35. The molecule has 1 saturated carbocycles. The van der Waals surface area contributed by atoms with Crippen molar-refractivity contribution >= 4 is 50.7 Å². The fraction of sp³-hybridized carbons (Fsp3) is 0.375. The number of anilines is 1. The van der Waals surface area contributed by atoms with Gasteiger partial charge in [0, 0.05) is 22.6 Å². The summed E-state index contributed by atoms with van der Waals surface area (Å²) < 4.78 is 34.8. The Hall–Kier alpha value is -3.27. The van der Waals surface area contributed by atoms with Gasteiger partial charge >= 0.3 is 0 Å². The number of aryl methyl sites for hydroxylation is 1. The van der Waals surface area contributed by atoms with E-state index < -0.39 is 28.5 Å². The summed E-state index contributed by atoms with van der Waals surface area (Å²) >= 11 is 12.6. The van der Waals surface area contributed by atoms with Gasteiger partial charge in [-0.2, -0.15) is 0 Å². The summed E-state index contributed by atoms with van der Waals surface area (Å²) in [6.07, 6.45) is 4.16. The van der Waals surface area contributed by atoms with Gasteiger partial charge in [0.25, 0.3) is 10.0 Å². The molecule has 0 radical (unpaired) electrons. The molecule has 0 aromatic heterocycles. The monoisotopic (exact) mass is 645 g/mol. The third-order valence-corrected chi connectivity index (χ3v) is 10.0. The number of rotatable bonds is 12. The highest BCUT2D eigenvalue weighted by Gasteiger charge is 2.35. The quantitative estimate of drug-likeness (QED) is 0.247. The predicted molar refractivity (Wildman–Crippen MR) is 170 cm³/mol. The second kappa shape index (κ2) is 14.5. The number of nitrogens with one attached hydrogen (secondary N) is 1. The molecule has 0 bridgehead atoms. The zero-order valence-electron chi connectivity index (χ0n) is 24.6. The first-order chi connectivity index (χ1) is 20.5. The molecule has 0 spiro atoms. The van der Waals surface area contributed by atoms with E-state index in [2.05, 4.69) is 5.32 Å². The molecule has 11 heteroatoms. The maximum absolute atomic E-state index is 14.3. The summed E-state index contributed by atoms with van der Waals surface area (Å²) in [6, 6.07) is 17.2. The Morgan fingerprint density at radius 2 is 1.72 bits per heavy atom. The molecule has 4 rings (SSSR count). The summed E-state index contributed by atoms with van der Waals surface area (Å²) in [5.41, 5.74) is 1.58. The molecule has 1 fully saturated rings. The third-order valence-electron chi connectivity index (χ3n) is 7.66. The second-order valence-electron chi connectivity index (χ2n) is 10.7. The molecule has 0 aliphatic heterocycles. The first kappa shape index (κ1) is 32.6. The zero-order valence-corrected chi connectivity index (χ0v) is 26.9. The van der Waals surface area contributed by atoms with Crippen LogP contribution >= 0.6 is 23.2 Å². The molecule has 0 saturated heterocycles. The van der Waals surface area contributed by atoms with E-state index in [9.17, 15) is 18.0 Å². The summed E-state index contributed by atoms with van der Waals surface area (Å²) in [5, 5.41) is 3.88. The van der Waals surface area contributed by atoms with Crippen LogP contribution in [0.15, 0.2) is 71.6 Å². The molecule has 2 amide bonds. The van der Waals surface area contributed by atoms with Crippen molar-refractivity contribution in [2.45, 2.75) is 69.5 Å². The van der Waals surface area contributed by atoms with Crippen molar-refractivity contribution in [1.82, 2.24) is 10.2 Å². The van der Waals surface area contributed by atoms with Gasteiger partial charge in [-0.05, 0) is 73.7 Å². The number of carbonyl (C=O) groups is 2. The number of benzene rings is 3. The lowest BCUT2D eigenvalue weighted by Gasteiger charge is -2.34. The first-order valence-corrected chi connectivity index (χ1v) is 16.5. The molecule has 1 aliphatic carbocycles. The van der Waals surface area contributed by atoms with Gasteiger partial charge in [-0.1, -0.05) is 73.3 Å². The van der Waals surface area contributed by atoms with Crippen LogP contribution in [-0.4, -0.2) is 50.9 Å². The van der Waals surface area contributed by atoms with E-state index >= 15 is 0 Å². The maximum Gasteiger partial charge on any atom is 0.264 e.